The van der Waals surface area contributed by atoms with Gasteiger partial charge in [-0.3, -0.25) is 0 Å². The molecule has 1 heterocycles. The molecule has 2 aromatic rings. The highest BCUT2D eigenvalue weighted by molar-refractivity contribution is 9.10. The molecular weight excluding hydrogens is 336 g/mol. The van der Waals surface area contributed by atoms with Crippen LogP contribution in [-0.4, -0.2) is 12.0 Å². The van der Waals surface area contributed by atoms with E-state index in [9.17, 15) is 0 Å². The second kappa shape index (κ2) is 6.19. The Morgan fingerprint density at radius 2 is 1.90 bits per heavy atom. The number of hydrogen-bond donors (Lipinski definition) is 0. The fourth-order valence-electron chi connectivity index (χ4n) is 2.73. The molecule has 0 bridgehead atoms. The standard InChI is InChI=1S/C17H16BrClO/c18-15-7-5-12(6-8-15)14(11-19)10-16-9-13-3-1-2-4-17(13)20-16/h1-8,14,16H,9-11H2. The number of fused-ring (bicyclic) bond motifs is 1. The van der Waals surface area contributed by atoms with Gasteiger partial charge in [0.25, 0.3) is 0 Å². The van der Waals surface area contributed by atoms with Crippen LogP contribution in [0.1, 0.15) is 23.5 Å². The Morgan fingerprint density at radius 1 is 1.15 bits per heavy atom. The summed E-state index contributed by atoms with van der Waals surface area (Å²) in [5.74, 6) is 1.99. The van der Waals surface area contributed by atoms with Gasteiger partial charge in [0.2, 0.25) is 0 Å². The Labute approximate surface area is 133 Å². The zero-order valence-electron chi connectivity index (χ0n) is 11.1. The Kier molecular flexibility index (Phi) is 4.32. The van der Waals surface area contributed by atoms with E-state index >= 15 is 0 Å². The van der Waals surface area contributed by atoms with Crippen molar-refractivity contribution in [1.82, 2.24) is 0 Å². The van der Waals surface area contributed by atoms with E-state index in [0.29, 0.717) is 11.8 Å². The highest BCUT2D eigenvalue weighted by atomic mass is 79.9. The quantitative estimate of drug-likeness (QED) is 0.691. The van der Waals surface area contributed by atoms with Gasteiger partial charge in [-0.1, -0.05) is 46.3 Å². The number of alkyl halides is 1. The minimum atomic E-state index is 0.236. The van der Waals surface area contributed by atoms with Crippen LogP contribution in [0.5, 0.6) is 5.75 Å². The molecule has 20 heavy (non-hydrogen) atoms. The number of benzene rings is 2. The van der Waals surface area contributed by atoms with Crippen molar-refractivity contribution in [1.29, 1.82) is 0 Å². The van der Waals surface area contributed by atoms with Gasteiger partial charge in [-0.2, -0.15) is 0 Å². The Bertz CT molecular complexity index is 557. The summed E-state index contributed by atoms with van der Waals surface area (Å²) >= 11 is 9.63. The molecule has 0 amide bonds. The molecule has 2 aromatic carbocycles. The van der Waals surface area contributed by atoms with E-state index in [1.807, 2.05) is 12.1 Å². The molecule has 3 rings (SSSR count). The third-order valence-electron chi connectivity index (χ3n) is 3.79. The SMILES string of the molecule is ClCC(CC1Cc2ccccc2O1)c1ccc(Br)cc1. The van der Waals surface area contributed by atoms with Crippen LogP contribution in [-0.2, 0) is 6.42 Å². The van der Waals surface area contributed by atoms with Crippen molar-refractivity contribution in [3.63, 3.8) is 0 Å². The lowest BCUT2D eigenvalue weighted by molar-refractivity contribution is 0.213. The summed E-state index contributed by atoms with van der Waals surface area (Å²) in [6.45, 7) is 0. The molecule has 0 radical (unpaired) electrons. The molecule has 0 fully saturated rings. The Balaban J connectivity index is 1.69. The molecule has 1 aliphatic heterocycles. The van der Waals surface area contributed by atoms with E-state index in [2.05, 4.69) is 52.3 Å². The summed E-state index contributed by atoms with van der Waals surface area (Å²) in [5.41, 5.74) is 2.59. The smallest absolute Gasteiger partial charge is 0.123 e. The minimum Gasteiger partial charge on any atom is -0.490 e. The van der Waals surface area contributed by atoms with E-state index < -0.39 is 0 Å². The second-order valence-electron chi connectivity index (χ2n) is 5.19. The first kappa shape index (κ1) is 14.0. The van der Waals surface area contributed by atoms with Gasteiger partial charge < -0.3 is 4.74 Å². The number of hydrogen-bond acceptors (Lipinski definition) is 1. The van der Waals surface area contributed by atoms with Crippen LogP contribution >= 0.6 is 27.5 Å². The number of halogens is 2. The van der Waals surface area contributed by atoms with Gasteiger partial charge in [-0.25, -0.2) is 0 Å². The van der Waals surface area contributed by atoms with E-state index in [0.717, 1.165) is 23.1 Å². The first-order valence-electron chi connectivity index (χ1n) is 6.82. The lowest BCUT2D eigenvalue weighted by Crippen LogP contribution is -2.18. The van der Waals surface area contributed by atoms with Crippen LogP contribution in [0.15, 0.2) is 53.0 Å². The van der Waals surface area contributed by atoms with Gasteiger partial charge in [-0.15, -0.1) is 11.6 Å². The molecule has 0 spiro atoms. The van der Waals surface area contributed by atoms with E-state index in [4.69, 9.17) is 16.3 Å². The summed E-state index contributed by atoms with van der Waals surface area (Å²) in [5, 5.41) is 0. The topological polar surface area (TPSA) is 9.23 Å². The van der Waals surface area contributed by atoms with E-state index in [1.165, 1.54) is 11.1 Å². The minimum absolute atomic E-state index is 0.236. The van der Waals surface area contributed by atoms with Crippen LogP contribution in [0.3, 0.4) is 0 Å². The monoisotopic (exact) mass is 350 g/mol. The first-order valence-corrected chi connectivity index (χ1v) is 8.15. The molecule has 0 saturated heterocycles. The molecule has 104 valence electrons. The molecule has 0 aliphatic carbocycles. The lowest BCUT2D eigenvalue weighted by Gasteiger charge is -2.19. The first-order chi connectivity index (χ1) is 9.76. The van der Waals surface area contributed by atoms with Crippen molar-refractivity contribution in [2.45, 2.75) is 24.9 Å². The lowest BCUT2D eigenvalue weighted by atomic mass is 9.93. The van der Waals surface area contributed by atoms with Crippen LogP contribution in [0.25, 0.3) is 0 Å². The Hall–Kier alpha value is -0.990. The molecule has 2 unspecified atom stereocenters. The van der Waals surface area contributed by atoms with Gasteiger partial charge in [0.05, 0.1) is 0 Å². The van der Waals surface area contributed by atoms with Gasteiger partial charge in [0.15, 0.2) is 0 Å². The highest BCUT2D eigenvalue weighted by Crippen LogP contribution is 2.33. The fraction of sp³-hybridized carbons (Fsp3) is 0.294. The van der Waals surface area contributed by atoms with Gasteiger partial charge in [-0.05, 0) is 35.7 Å². The maximum Gasteiger partial charge on any atom is 0.123 e. The molecule has 3 heteroatoms. The van der Waals surface area contributed by atoms with Crippen molar-refractivity contribution in [3.8, 4) is 5.75 Å². The fourth-order valence-corrected chi connectivity index (χ4v) is 3.29. The maximum absolute atomic E-state index is 6.16. The average molecular weight is 352 g/mol. The largest absolute Gasteiger partial charge is 0.490 e. The molecule has 2 atom stereocenters. The maximum atomic E-state index is 6.16. The van der Waals surface area contributed by atoms with Gasteiger partial charge >= 0.3 is 0 Å². The third kappa shape index (κ3) is 3.02. The average Bonchev–Trinajstić information content (AvgIpc) is 2.88. The highest BCUT2D eigenvalue weighted by Gasteiger charge is 2.25. The predicted octanol–water partition coefficient (Wildman–Crippen LogP) is 5.17. The van der Waals surface area contributed by atoms with Crippen molar-refractivity contribution in [3.05, 3.63) is 64.1 Å². The number of para-hydroxylation sites is 1. The third-order valence-corrected chi connectivity index (χ3v) is 4.69. The van der Waals surface area contributed by atoms with Crippen LogP contribution in [0.4, 0.5) is 0 Å². The summed E-state index contributed by atoms with van der Waals surface area (Å²) in [6, 6.07) is 16.7. The molecule has 0 N–H and O–H groups in total. The normalized spacial score (nSPS) is 18.4. The van der Waals surface area contributed by atoms with E-state index in [1.54, 1.807) is 0 Å². The second-order valence-corrected chi connectivity index (χ2v) is 6.41. The van der Waals surface area contributed by atoms with E-state index in [-0.39, 0.29) is 6.10 Å². The van der Waals surface area contributed by atoms with Crippen molar-refractivity contribution < 1.29 is 4.74 Å². The van der Waals surface area contributed by atoms with Crippen LogP contribution in [0.2, 0.25) is 0 Å². The number of rotatable bonds is 4. The Morgan fingerprint density at radius 3 is 2.60 bits per heavy atom. The van der Waals surface area contributed by atoms with Crippen molar-refractivity contribution in [2.24, 2.45) is 0 Å². The summed E-state index contributed by atoms with van der Waals surface area (Å²) in [7, 11) is 0. The molecule has 1 nitrogen and oxygen atoms in total. The van der Waals surface area contributed by atoms with Crippen molar-refractivity contribution in [2.75, 3.05) is 5.88 Å². The molecular formula is C17H16BrClO. The van der Waals surface area contributed by atoms with Crippen LogP contribution in [0, 0.1) is 0 Å². The number of ether oxygens (including phenoxy) is 1. The zero-order valence-corrected chi connectivity index (χ0v) is 13.4. The van der Waals surface area contributed by atoms with Gasteiger partial charge in [0, 0.05) is 22.7 Å². The van der Waals surface area contributed by atoms with Crippen LogP contribution < -0.4 is 4.74 Å². The zero-order chi connectivity index (χ0) is 13.9. The predicted molar refractivity (Wildman–Crippen MR) is 86.8 cm³/mol. The van der Waals surface area contributed by atoms with Gasteiger partial charge in [0.1, 0.15) is 11.9 Å². The molecule has 0 aromatic heterocycles. The summed E-state index contributed by atoms with van der Waals surface area (Å²) < 4.78 is 7.11. The molecule has 0 saturated carbocycles. The molecule has 1 aliphatic rings. The summed E-state index contributed by atoms with van der Waals surface area (Å²) in [6.07, 6.45) is 2.18. The summed E-state index contributed by atoms with van der Waals surface area (Å²) in [4.78, 5) is 0. The van der Waals surface area contributed by atoms with Crippen molar-refractivity contribution >= 4 is 27.5 Å².